The predicted molar refractivity (Wildman–Crippen MR) is 423 cm³/mol. The Kier molecular flexibility index (Phi) is 36.0. The molecule has 0 fully saturated rings. The third kappa shape index (κ3) is 24.4. The Hall–Kier alpha value is -5.66. The highest BCUT2D eigenvalue weighted by molar-refractivity contribution is 8.77. The molecule has 0 saturated carbocycles. The summed E-state index contributed by atoms with van der Waals surface area (Å²) in [7, 11) is -2.24. The highest BCUT2D eigenvalue weighted by Gasteiger charge is 2.47. The lowest BCUT2D eigenvalue weighted by molar-refractivity contribution is -0.777. The quantitative estimate of drug-likeness (QED) is 0.00460. The zero-order valence-electron chi connectivity index (χ0n) is 61.0. The lowest BCUT2D eigenvalue weighted by atomic mass is 9.81. The average Bonchev–Trinajstić information content (AvgIpc) is 1.61. The number of benzene rings is 4. The van der Waals surface area contributed by atoms with E-state index in [2.05, 4.69) is 102 Å². The van der Waals surface area contributed by atoms with Gasteiger partial charge in [0.05, 0.1) is 57.5 Å². The van der Waals surface area contributed by atoms with E-state index >= 15 is 0 Å². The maximum atomic E-state index is 12.4. The summed E-state index contributed by atoms with van der Waals surface area (Å²) in [5.74, 6) is 0.794. The number of nitrogens with one attached hydrogen (secondary N) is 1. The molecule has 4 aromatic carbocycles. The molecule has 0 unspecified atom stereocenters. The molecule has 0 spiro atoms. The van der Waals surface area contributed by atoms with Crippen molar-refractivity contribution in [3.8, 4) is 0 Å². The van der Waals surface area contributed by atoms with Gasteiger partial charge in [0.25, 0.3) is 20.2 Å². The number of hydrogen-bond donors (Lipinski definition) is 6. The maximum Gasteiger partial charge on any atom is 0.304 e. The third-order valence-electron chi connectivity index (χ3n) is 18.3. The second-order valence-electron chi connectivity index (χ2n) is 26.9. The number of likely N-dealkylation sites (N-methyl/N-ethyl adjacent to an activating group) is 2. The smallest absolute Gasteiger partial charge is 0.304 e. The number of amides is 1. The van der Waals surface area contributed by atoms with Crippen LogP contribution in [0.4, 0.5) is 22.7 Å². The van der Waals surface area contributed by atoms with Crippen molar-refractivity contribution in [2.24, 2.45) is 0 Å². The molecule has 0 radical (unpaired) electrons. The second kappa shape index (κ2) is 41.9. The van der Waals surface area contributed by atoms with E-state index < -0.39 is 59.8 Å². The van der Waals surface area contributed by atoms with Crippen LogP contribution >= 0.6 is 67.3 Å². The first kappa shape index (κ1) is 91.0. The van der Waals surface area contributed by atoms with Crippen LogP contribution in [-0.4, -0.2) is 141 Å². The van der Waals surface area contributed by atoms with Crippen LogP contribution in [-0.2, 0) is 79.8 Å². The molecule has 0 saturated heterocycles. The van der Waals surface area contributed by atoms with Gasteiger partial charge in [-0.25, -0.2) is 0 Å². The molecular weight excluding hydrogens is 1520 g/mol. The standard InChI is InChI=1S/C36H47N3O9S4.C31H38N2O8S2.C6H12O2S2.CH4/c1-6-38-29-17-15-26(52(44,45)46)24-28(29)36(4,5)31(38)11-10-12-32-35(2,3)27-23-25(51-48-47-43)14-16-30(27)39(32)20-9-7-8-13-33(40)37-19-22-50-49-21-18-34(41)42;1-6-32-25-17-15-22(43(37,38)39)20-24(25)31(4,5)27(32)11-10-12-28-30(2,3)23-19-21(42-41-40-36)14-16-26(23)33(28)18-9-7-8-13-29(34)35;1-2-4-9-10-5-3-6(7)8;/h10-12,14-17,23-24H,6-9,13,18-22H2,1-5H3,(H3-,37,40,41,42,43,44,45,46);10-12,14-17,19-20H,6-9,13,18H2,1-5H3,(H2-,34,35,36,37,38,39);2-5H2,1H3,(H,7,8);1H4. The number of carbonyl (C=O) groups excluding carboxylic acids is 1. The maximum absolute atomic E-state index is 12.4. The van der Waals surface area contributed by atoms with E-state index in [1.54, 1.807) is 56.6 Å². The zero-order chi connectivity index (χ0) is 77.5. The van der Waals surface area contributed by atoms with Crippen molar-refractivity contribution >= 4 is 145 Å². The molecule has 0 atom stereocenters. The van der Waals surface area contributed by atoms with Crippen molar-refractivity contribution in [3.63, 3.8) is 0 Å². The Morgan fingerprint density at radius 1 is 0.509 bits per heavy atom. The van der Waals surface area contributed by atoms with Gasteiger partial charge in [-0.2, -0.15) is 34.7 Å². The minimum Gasteiger partial charge on any atom is -0.691 e. The van der Waals surface area contributed by atoms with Crippen molar-refractivity contribution < 1.29 is 98.8 Å². The van der Waals surface area contributed by atoms with Gasteiger partial charge in [0.1, 0.15) is 13.1 Å². The van der Waals surface area contributed by atoms with Crippen molar-refractivity contribution in [1.29, 1.82) is 0 Å². The summed E-state index contributed by atoms with van der Waals surface area (Å²) in [6, 6.07) is 21.2. The molecule has 6 N–H and O–H groups in total. The highest BCUT2D eigenvalue weighted by Crippen LogP contribution is 2.51. The van der Waals surface area contributed by atoms with Gasteiger partial charge in [0.2, 0.25) is 17.3 Å². The molecule has 0 aliphatic carbocycles. The van der Waals surface area contributed by atoms with Crippen molar-refractivity contribution in [2.75, 3.05) is 65.5 Å². The number of unbranched alkanes of at least 4 members (excludes halogenated alkanes) is 4. The van der Waals surface area contributed by atoms with Gasteiger partial charge in [-0.1, -0.05) is 97.4 Å². The van der Waals surface area contributed by atoms with Crippen molar-refractivity contribution in [3.05, 3.63) is 143 Å². The van der Waals surface area contributed by atoms with Crippen LogP contribution < -0.4 is 25.6 Å². The number of rotatable bonds is 39. The molecule has 32 heteroatoms. The number of nitrogens with zero attached hydrogens (tertiary/aromatic N) is 4. The van der Waals surface area contributed by atoms with Gasteiger partial charge in [-0.15, -0.1) is 0 Å². The Bertz CT molecular complexity index is 4160. The molecule has 8 rings (SSSR count). The zero-order valence-corrected chi connectivity index (χ0v) is 67.6. The monoisotopic (exact) mass is 1620 g/mol. The predicted octanol–water partition coefficient (Wildman–Crippen LogP) is 14.7. The van der Waals surface area contributed by atoms with Gasteiger partial charge >= 0.3 is 17.9 Å². The number of fused-ring (bicyclic) bond motifs is 4. The molecule has 1 amide bonds. The summed E-state index contributed by atoms with van der Waals surface area (Å²) in [5.41, 5.74) is 9.92. The van der Waals surface area contributed by atoms with Crippen LogP contribution in [0.15, 0.2) is 140 Å². The first-order chi connectivity index (χ1) is 49.6. The fourth-order valence-corrected chi connectivity index (χ4v) is 18.9. The molecular formula is C74H101N5O19S8. The van der Waals surface area contributed by atoms with E-state index in [9.17, 15) is 55.6 Å². The van der Waals surface area contributed by atoms with Gasteiger partial charge in [-0.3, -0.25) is 38.4 Å². The molecule has 0 aromatic heterocycles. The lowest BCUT2D eigenvalue weighted by Crippen LogP contribution is -2.28. The van der Waals surface area contributed by atoms with Crippen molar-refractivity contribution in [2.45, 2.75) is 195 Å². The molecule has 4 aliphatic rings. The van der Waals surface area contributed by atoms with Crippen LogP contribution in [0, 0.1) is 0 Å². The molecule has 106 heavy (non-hydrogen) atoms. The average molecular weight is 1620 g/mol. The molecule has 0 bridgehead atoms. The number of carbonyl (C=O) groups is 4. The first-order valence-corrected chi connectivity index (χ1v) is 43.8. The molecule has 24 nitrogen and oxygen atoms in total. The van der Waals surface area contributed by atoms with Crippen LogP contribution in [0.3, 0.4) is 0 Å². The summed E-state index contributed by atoms with van der Waals surface area (Å²) in [6.45, 7) is 26.2. The number of carboxylic acids is 3. The molecule has 4 aromatic rings. The summed E-state index contributed by atoms with van der Waals surface area (Å²) < 4.78 is 80.6. The minimum atomic E-state index is -4.35. The highest BCUT2D eigenvalue weighted by atomic mass is 33.1. The summed E-state index contributed by atoms with van der Waals surface area (Å²) >= 11 is 1.70. The minimum absolute atomic E-state index is 0. The Morgan fingerprint density at radius 3 is 1.28 bits per heavy atom. The van der Waals surface area contributed by atoms with Gasteiger partial charge in [-0.05, 0) is 158 Å². The first-order valence-electron chi connectivity index (χ1n) is 34.5. The van der Waals surface area contributed by atoms with Gasteiger partial charge in [0, 0.05) is 147 Å². The van der Waals surface area contributed by atoms with E-state index in [0.717, 1.165) is 164 Å². The Labute approximate surface area is 648 Å². The van der Waals surface area contributed by atoms with Crippen LogP contribution in [0.5, 0.6) is 0 Å². The fourth-order valence-electron chi connectivity index (χ4n) is 13.1. The van der Waals surface area contributed by atoms with Crippen LogP contribution in [0.1, 0.15) is 176 Å². The topological polar surface area (TPSA) is 345 Å². The SMILES string of the molecule is C.CCCSSCCC(=O)O.CCN1/C(=C/C=C/C2=[N+](CCCCCC(=O)NCCSSCCC(=O)O)c3ccc(SOO[O-])cc3C2(C)C)C(C)(C)c2cc(S(=O)(=O)O)ccc21.CCN1/C(=C/C=C/C2=[N+](CCCCCC(=O)O)c3ccc(SOO[O-])cc3C2(C)C)C(C)(C)c2cc(S(=O)(=O)O)ccc21. The van der Waals surface area contributed by atoms with Crippen LogP contribution in [0.25, 0.3) is 0 Å². The molecule has 4 aliphatic heterocycles. The summed E-state index contributed by atoms with van der Waals surface area (Å²) in [6.07, 6.45) is 19.2. The van der Waals surface area contributed by atoms with E-state index in [4.69, 9.17) is 15.3 Å². The largest absolute Gasteiger partial charge is 0.691 e. The van der Waals surface area contributed by atoms with Gasteiger partial charge in [0.15, 0.2) is 11.4 Å². The second-order valence-corrected chi connectivity index (χ2v) is 36.7. The Morgan fingerprint density at radius 2 is 0.906 bits per heavy atom. The number of aliphatic carboxylic acids is 3. The van der Waals surface area contributed by atoms with Gasteiger partial charge < -0.3 is 41.0 Å². The molecule has 4 heterocycles. The van der Waals surface area contributed by atoms with E-state index in [1.807, 2.05) is 90.1 Å². The summed E-state index contributed by atoms with van der Waals surface area (Å²) in [4.78, 5) is 49.5. The fraction of sp³-hybridized carbons (Fsp3) is 0.486. The molecule has 584 valence electrons. The number of allylic oxidation sites excluding steroid dienone is 8. The van der Waals surface area contributed by atoms with Crippen LogP contribution in [0.2, 0.25) is 0 Å². The van der Waals surface area contributed by atoms with E-state index in [0.29, 0.717) is 44.8 Å². The normalized spacial score (nSPS) is 16.6. The third-order valence-corrected chi connectivity index (χ3v) is 26.2. The van der Waals surface area contributed by atoms with E-state index in [1.165, 1.54) is 22.9 Å². The number of carboxylic acid groups (broad SMARTS) is 3. The van der Waals surface area contributed by atoms with E-state index in [-0.39, 0.29) is 42.4 Å². The summed E-state index contributed by atoms with van der Waals surface area (Å²) in [5, 5.41) is 56.9. The Balaban J connectivity index is 0.000000338. The van der Waals surface area contributed by atoms with Crippen molar-refractivity contribution in [1.82, 2.24) is 5.32 Å². The lowest BCUT2D eigenvalue weighted by Gasteiger charge is -2.25. The number of anilines is 2. The number of hydrogen-bond acceptors (Lipinski definition) is 22.